The van der Waals surface area contributed by atoms with Gasteiger partial charge in [-0.05, 0) is 49.7 Å². The Labute approximate surface area is 235 Å². The van der Waals surface area contributed by atoms with Crippen molar-refractivity contribution in [3.8, 4) is 23.2 Å². The number of fused-ring (bicyclic) bond motifs is 2. The van der Waals surface area contributed by atoms with Gasteiger partial charge in [0.1, 0.15) is 29.1 Å². The number of carbonyl (C=O) groups is 1. The number of aryl methyl sites for hydroxylation is 1. The molecule has 1 unspecified atom stereocenters. The predicted molar refractivity (Wildman–Crippen MR) is 150 cm³/mol. The van der Waals surface area contributed by atoms with E-state index in [0.29, 0.717) is 52.9 Å². The van der Waals surface area contributed by atoms with E-state index in [1.54, 1.807) is 54.6 Å². The fraction of sp³-hybridized carbons (Fsp3) is 0.300. The molecule has 7 rings (SSSR count). The topological polar surface area (TPSA) is 117 Å². The average molecular weight is 553 g/mol. The highest BCUT2D eigenvalue weighted by Crippen LogP contribution is 2.48. The normalized spacial score (nSPS) is 19.9. The summed E-state index contributed by atoms with van der Waals surface area (Å²) < 4.78 is 24.2. The van der Waals surface area contributed by atoms with Crippen LogP contribution in [0.15, 0.2) is 67.1 Å². The lowest BCUT2D eigenvalue weighted by molar-refractivity contribution is 0.0740. The second kappa shape index (κ2) is 9.20. The van der Waals surface area contributed by atoms with E-state index < -0.39 is 5.54 Å². The maximum Gasteiger partial charge on any atom is 0.272 e. The molecule has 1 aromatic carbocycles. The van der Waals surface area contributed by atoms with E-state index in [2.05, 4.69) is 15.1 Å². The first-order chi connectivity index (χ1) is 19.7. The van der Waals surface area contributed by atoms with E-state index in [4.69, 9.17) is 15.5 Å². The molecule has 1 amide bonds. The molecule has 5 aromatic rings. The Morgan fingerprint density at radius 3 is 2.56 bits per heavy atom. The summed E-state index contributed by atoms with van der Waals surface area (Å²) in [5, 5.41) is 4.95. The summed E-state index contributed by atoms with van der Waals surface area (Å²) >= 11 is 0. The summed E-state index contributed by atoms with van der Waals surface area (Å²) in [4.78, 5) is 28.4. The maximum absolute atomic E-state index is 14.4. The van der Waals surface area contributed by atoms with Gasteiger partial charge >= 0.3 is 0 Å². The molecule has 0 radical (unpaired) electrons. The SMILES string of the molecule is Cn1nc(-c2ncccn2)cc1C(=O)N1CC2[C@H](C1)[C@H]2Oc1cc(C(C)(C)N)cc(-n2ccc3c(F)cccc32)n1. The number of benzene rings is 1. The number of ether oxygens (including phenoxy) is 1. The molecule has 41 heavy (non-hydrogen) atoms. The lowest BCUT2D eigenvalue weighted by Gasteiger charge is -2.22. The third kappa shape index (κ3) is 4.42. The Morgan fingerprint density at radius 1 is 1.07 bits per heavy atom. The van der Waals surface area contributed by atoms with E-state index in [-0.39, 0.29) is 29.7 Å². The van der Waals surface area contributed by atoms with Gasteiger partial charge in [-0.3, -0.25) is 9.48 Å². The van der Waals surface area contributed by atoms with Crippen LogP contribution in [0, 0.1) is 17.7 Å². The zero-order valence-electron chi connectivity index (χ0n) is 22.9. The van der Waals surface area contributed by atoms with Crippen LogP contribution in [0.1, 0.15) is 29.9 Å². The van der Waals surface area contributed by atoms with Crippen molar-refractivity contribution < 1.29 is 13.9 Å². The van der Waals surface area contributed by atoms with Crippen LogP contribution in [-0.4, -0.2) is 59.3 Å². The number of pyridine rings is 1. The van der Waals surface area contributed by atoms with Crippen LogP contribution < -0.4 is 10.5 Å². The molecule has 0 bridgehead atoms. The maximum atomic E-state index is 14.4. The van der Waals surface area contributed by atoms with Crippen LogP contribution in [0.3, 0.4) is 0 Å². The van der Waals surface area contributed by atoms with Gasteiger partial charge < -0.3 is 19.9 Å². The zero-order chi connectivity index (χ0) is 28.5. The first-order valence-corrected chi connectivity index (χ1v) is 13.5. The van der Waals surface area contributed by atoms with Crippen LogP contribution in [0.4, 0.5) is 4.39 Å². The van der Waals surface area contributed by atoms with E-state index in [9.17, 15) is 9.18 Å². The van der Waals surface area contributed by atoms with Crippen molar-refractivity contribution in [2.24, 2.45) is 24.6 Å². The minimum atomic E-state index is -0.639. The first-order valence-electron chi connectivity index (χ1n) is 13.5. The zero-order valence-corrected chi connectivity index (χ0v) is 22.9. The van der Waals surface area contributed by atoms with Gasteiger partial charge in [0.2, 0.25) is 5.88 Å². The third-order valence-electron chi connectivity index (χ3n) is 8.01. The van der Waals surface area contributed by atoms with E-state index in [0.717, 1.165) is 5.56 Å². The lowest BCUT2D eigenvalue weighted by atomic mass is 9.96. The van der Waals surface area contributed by atoms with Gasteiger partial charge in [0.15, 0.2) is 5.82 Å². The molecular formula is C30H29FN8O2. The number of nitrogens with zero attached hydrogens (tertiary/aromatic N) is 7. The molecule has 3 atom stereocenters. The molecule has 1 saturated heterocycles. The second-order valence-electron chi connectivity index (χ2n) is 11.4. The van der Waals surface area contributed by atoms with Gasteiger partial charge in [-0.2, -0.15) is 10.1 Å². The Kier molecular flexibility index (Phi) is 5.69. The van der Waals surface area contributed by atoms with Crippen LogP contribution in [0.25, 0.3) is 28.2 Å². The van der Waals surface area contributed by atoms with E-state index in [1.165, 1.54) is 6.07 Å². The van der Waals surface area contributed by atoms with Crippen LogP contribution in [0.2, 0.25) is 0 Å². The van der Waals surface area contributed by atoms with Gasteiger partial charge in [-0.25, -0.2) is 14.4 Å². The smallest absolute Gasteiger partial charge is 0.272 e. The fourth-order valence-corrected chi connectivity index (χ4v) is 5.70. The summed E-state index contributed by atoms with van der Waals surface area (Å²) in [6.45, 7) is 5.03. The Morgan fingerprint density at radius 2 is 1.83 bits per heavy atom. The highest BCUT2D eigenvalue weighted by Gasteiger charge is 2.59. The van der Waals surface area contributed by atoms with Gasteiger partial charge in [0.25, 0.3) is 5.91 Å². The third-order valence-corrected chi connectivity index (χ3v) is 8.01. The number of amides is 1. The summed E-state index contributed by atoms with van der Waals surface area (Å²) in [7, 11) is 1.75. The van der Waals surface area contributed by atoms with Crippen molar-refractivity contribution >= 4 is 16.8 Å². The molecule has 11 heteroatoms. The fourth-order valence-electron chi connectivity index (χ4n) is 5.70. The van der Waals surface area contributed by atoms with Crippen molar-refractivity contribution in [3.63, 3.8) is 0 Å². The van der Waals surface area contributed by atoms with E-state index in [1.807, 2.05) is 41.5 Å². The summed E-state index contributed by atoms with van der Waals surface area (Å²) in [6.07, 6.45) is 5.05. The molecule has 10 nitrogen and oxygen atoms in total. The van der Waals surface area contributed by atoms with Crippen molar-refractivity contribution in [1.82, 2.24) is 34.2 Å². The molecule has 1 saturated carbocycles. The molecule has 0 spiro atoms. The van der Waals surface area contributed by atoms with Crippen molar-refractivity contribution in [2.45, 2.75) is 25.5 Å². The molecule has 1 aliphatic heterocycles. The quantitative estimate of drug-likeness (QED) is 0.341. The molecule has 1 aliphatic carbocycles. The standard InChI is InChI=1S/C30H29FN8O2/c1-30(2,32)17-12-25(39-11-8-18-21(31)6-4-7-23(18)39)35-26(13-17)41-27-19-15-38(16-20(19)27)29(40)24-14-22(36-37(24)3)28-33-9-5-10-34-28/h4-14,19-20,27H,15-16,32H2,1-3H3/t19-,20?,27+/m0/s1. The van der Waals surface area contributed by atoms with Gasteiger partial charge in [0.05, 0.1) is 5.52 Å². The van der Waals surface area contributed by atoms with E-state index >= 15 is 0 Å². The number of aromatic nitrogens is 6. The molecule has 2 aliphatic rings. The lowest BCUT2D eigenvalue weighted by Crippen LogP contribution is -2.34. The van der Waals surface area contributed by atoms with Crippen molar-refractivity contribution in [1.29, 1.82) is 0 Å². The van der Waals surface area contributed by atoms with Gasteiger partial charge in [-0.1, -0.05) is 6.07 Å². The monoisotopic (exact) mass is 552 g/mol. The largest absolute Gasteiger partial charge is 0.474 e. The molecule has 2 fully saturated rings. The van der Waals surface area contributed by atoms with Crippen LogP contribution >= 0.6 is 0 Å². The number of rotatable bonds is 6. The number of halogens is 1. The number of hydrogen-bond acceptors (Lipinski definition) is 7. The molecule has 5 heterocycles. The minimum Gasteiger partial charge on any atom is -0.474 e. The molecule has 4 aromatic heterocycles. The summed E-state index contributed by atoms with van der Waals surface area (Å²) in [5.41, 5.74) is 8.45. The highest BCUT2D eigenvalue weighted by molar-refractivity contribution is 5.94. The van der Waals surface area contributed by atoms with Crippen LogP contribution in [0.5, 0.6) is 5.88 Å². The summed E-state index contributed by atoms with van der Waals surface area (Å²) in [5.74, 6) is 1.61. The highest BCUT2D eigenvalue weighted by atomic mass is 19.1. The Balaban J connectivity index is 1.09. The number of likely N-dealkylation sites (tertiary alicyclic amines) is 1. The number of hydrogen-bond donors (Lipinski definition) is 1. The first kappa shape index (κ1) is 25.3. The number of nitrogens with two attached hydrogens (primary N) is 1. The van der Waals surface area contributed by atoms with Gasteiger partial charge in [-0.15, -0.1) is 0 Å². The molecule has 2 N–H and O–H groups in total. The average Bonchev–Trinajstić information content (AvgIpc) is 3.40. The molecular weight excluding hydrogens is 523 g/mol. The van der Waals surface area contributed by atoms with Crippen molar-refractivity contribution in [3.05, 3.63) is 84.2 Å². The number of piperidine rings is 1. The van der Waals surface area contributed by atoms with Gasteiger partial charge in [0, 0.05) is 73.6 Å². The second-order valence-corrected chi connectivity index (χ2v) is 11.4. The molecule has 208 valence electrons. The number of carbonyl (C=O) groups excluding carboxylic acids is 1. The summed E-state index contributed by atoms with van der Waals surface area (Å²) in [6, 6.07) is 14.0. The minimum absolute atomic E-state index is 0.0470. The Bertz CT molecular complexity index is 1780. The predicted octanol–water partition coefficient (Wildman–Crippen LogP) is 3.70. The van der Waals surface area contributed by atoms with Crippen LogP contribution in [-0.2, 0) is 12.6 Å². The Hall–Kier alpha value is -4.64. The van der Waals surface area contributed by atoms with Crippen molar-refractivity contribution in [2.75, 3.05) is 13.1 Å².